The molecule has 3 aromatic rings. The lowest BCUT2D eigenvalue weighted by atomic mass is 9.61. The Bertz CT molecular complexity index is 1250. The van der Waals surface area contributed by atoms with E-state index in [2.05, 4.69) is 69.6 Å². The van der Waals surface area contributed by atoms with Gasteiger partial charge in [-0.25, -0.2) is 4.98 Å². The van der Waals surface area contributed by atoms with Crippen LogP contribution in [0.15, 0.2) is 42.5 Å². The smallest absolute Gasteiger partial charge is 0.310 e. The maximum absolute atomic E-state index is 12.8. The second-order valence-corrected chi connectivity index (χ2v) is 10.3. The molecule has 1 N–H and O–H groups in total. The predicted molar refractivity (Wildman–Crippen MR) is 144 cm³/mol. The summed E-state index contributed by atoms with van der Waals surface area (Å²) in [4.78, 5) is 29.9. The van der Waals surface area contributed by atoms with Crippen LogP contribution in [0.5, 0.6) is 0 Å². The van der Waals surface area contributed by atoms with E-state index >= 15 is 0 Å². The fourth-order valence-corrected chi connectivity index (χ4v) is 6.06. The van der Waals surface area contributed by atoms with Gasteiger partial charge in [0.1, 0.15) is 5.82 Å². The number of benzene rings is 2. The topological polar surface area (TPSA) is 82.4 Å². The van der Waals surface area contributed by atoms with Gasteiger partial charge in [-0.05, 0) is 78.6 Å². The molecule has 9 heteroatoms. The number of nitrogens with zero attached hydrogens (tertiary/aromatic N) is 2. The van der Waals surface area contributed by atoms with E-state index < -0.39 is 17.1 Å². The minimum absolute atomic E-state index is 0.0387. The van der Waals surface area contributed by atoms with Crippen LogP contribution in [0.1, 0.15) is 23.7 Å². The third-order valence-electron chi connectivity index (χ3n) is 7.60. The molecular weight excluding hydrogens is 498 g/mol. The zero-order valence-electron chi connectivity index (χ0n) is 20.9. The Morgan fingerprint density at radius 1 is 1.14 bits per heavy atom. The summed E-state index contributed by atoms with van der Waals surface area (Å²) in [5.41, 5.74) is 5.23. The van der Waals surface area contributed by atoms with E-state index in [0.29, 0.717) is 13.2 Å². The van der Waals surface area contributed by atoms with Crippen LogP contribution in [-0.2, 0) is 26.1 Å². The van der Waals surface area contributed by atoms with E-state index in [1.165, 1.54) is 7.11 Å². The lowest BCUT2D eigenvalue weighted by Crippen LogP contribution is -2.45. The average molecular weight is 530 g/mol. The number of nitrogens with one attached hydrogen (secondary N) is 1. The lowest BCUT2D eigenvalue weighted by Gasteiger charge is -2.41. The van der Waals surface area contributed by atoms with Crippen molar-refractivity contribution in [2.45, 2.75) is 19.3 Å². The minimum Gasteiger partial charge on any atom is -0.469 e. The van der Waals surface area contributed by atoms with Crippen molar-refractivity contribution in [3.8, 4) is 11.1 Å². The van der Waals surface area contributed by atoms with Gasteiger partial charge in [0.05, 0.1) is 36.6 Å². The fraction of sp³-hybridized carbons (Fsp3) is 0.444. The van der Waals surface area contributed by atoms with E-state index in [0.717, 1.165) is 40.0 Å². The van der Waals surface area contributed by atoms with Crippen molar-refractivity contribution in [1.29, 1.82) is 0 Å². The Labute approximate surface area is 222 Å². The minimum atomic E-state index is -0.610. The first-order valence-electron chi connectivity index (χ1n) is 12.0. The number of aromatic nitrogens is 2. The Morgan fingerprint density at radius 3 is 2.44 bits per heavy atom. The number of thiol groups is 1. The summed E-state index contributed by atoms with van der Waals surface area (Å²) in [6, 6.07) is 14.5. The van der Waals surface area contributed by atoms with Crippen molar-refractivity contribution in [1.82, 2.24) is 14.3 Å². The third-order valence-corrected chi connectivity index (χ3v) is 7.85. The SMILES string of the molecule is CNS.COC(=O)C1C(c2ccc(-c3ccc4c(c3)nc(C)n4C)cc2)CC2COCC2C1C(=O)Cl. The molecule has 1 saturated carbocycles. The van der Waals surface area contributed by atoms with Crippen molar-refractivity contribution < 1.29 is 19.1 Å². The molecule has 1 aromatic heterocycles. The van der Waals surface area contributed by atoms with Gasteiger partial charge in [-0.15, -0.1) is 0 Å². The van der Waals surface area contributed by atoms with Gasteiger partial charge < -0.3 is 14.0 Å². The Hall–Kier alpha value is -2.39. The van der Waals surface area contributed by atoms with E-state index in [4.69, 9.17) is 21.1 Å². The van der Waals surface area contributed by atoms with Gasteiger partial charge in [0, 0.05) is 13.7 Å². The number of fused-ring (bicyclic) bond motifs is 2. The number of methoxy groups -OCH3 is 1. The van der Waals surface area contributed by atoms with Gasteiger partial charge in [0.2, 0.25) is 5.24 Å². The highest BCUT2D eigenvalue weighted by Gasteiger charge is 2.53. The number of aryl methyl sites for hydroxylation is 2. The molecule has 2 fully saturated rings. The highest BCUT2D eigenvalue weighted by atomic mass is 35.5. The fourth-order valence-electron chi connectivity index (χ4n) is 5.77. The molecule has 0 amide bonds. The predicted octanol–water partition coefficient (Wildman–Crippen LogP) is 4.52. The molecule has 2 aromatic carbocycles. The summed E-state index contributed by atoms with van der Waals surface area (Å²) >= 11 is 9.57. The molecule has 1 aliphatic heterocycles. The molecule has 36 heavy (non-hydrogen) atoms. The van der Waals surface area contributed by atoms with Gasteiger partial charge in [-0.1, -0.05) is 43.1 Å². The Morgan fingerprint density at radius 2 is 1.81 bits per heavy atom. The van der Waals surface area contributed by atoms with Crippen LogP contribution in [0.25, 0.3) is 22.2 Å². The van der Waals surface area contributed by atoms with Crippen LogP contribution in [0.3, 0.4) is 0 Å². The summed E-state index contributed by atoms with van der Waals surface area (Å²) in [7, 11) is 5.12. The van der Waals surface area contributed by atoms with E-state index in [-0.39, 0.29) is 23.7 Å². The standard InChI is InChI=1S/C26H27ClN2O4.CH5NS/c1-14-28-21-11-17(8-9-22(21)29(14)2)15-4-6-16(7-5-15)19-10-18-12-33-13-20(18)23(25(27)30)24(19)26(31)32-3;1-2-3/h4-9,11,18-20,23-24H,10,12-13H2,1-3H3;2-3H,1H3. The highest BCUT2D eigenvalue weighted by Crippen LogP contribution is 2.50. The average Bonchev–Trinajstić information content (AvgIpc) is 3.46. The first-order valence-corrected chi connectivity index (χ1v) is 12.8. The maximum atomic E-state index is 12.8. The molecule has 5 unspecified atom stereocenters. The summed E-state index contributed by atoms with van der Waals surface area (Å²) in [5.74, 6) is -0.600. The number of hydrogen-bond acceptors (Lipinski definition) is 7. The second kappa shape index (κ2) is 11.3. The largest absolute Gasteiger partial charge is 0.469 e. The van der Waals surface area contributed by atoms with Gasteiger partial charge >= 0.3 is 5.97 Å². The number of imidazole rings is 1. The lowest BCUT2D eigenvalue weighted by molar-refractivity contribution is -0.153. The molecule has 2 aliphatic rings. The van der Waals surface area contributed by atoms with Crippen molar-refractivity contribution in [3.05, 3.63) is 53.9 Å². The molecule has 5 rings (SSSR count). The van der Waals surface area contributed by atoms with Gasteiger partial charge in [0.15, 0.2) is 0 Å². The molecule has 1 saturated heterocycles. The molecule has 5 atom stereocenters. The van der Waals surface area contributed by atoms with E-state index in [9.17, 15) is 9.59 Å². The van der Waals surface area contributed by atoms with Crippen molar-refractivity contribution in [3.63, 3.8) is 0 Å². The van der Waals surface area contributed by atoms with E-state index in [1.54, 1.807) is 7.05 Å². The molecule has 0 radical (unpaired) electrons. The molecule has 0 spiro atoms. The van der Waals surface area contributed by atoms with Crippen molar-refractivity contribution >= 4 is 46.7 Å². The second-order valence-electron chi connectivity index (χ2n) is 9.45. The van der Waals surface area contributed by atoms with Gasteiger partial charge in [-0.2, -0.15) is 0 Å². The highest BCUT2D eigenvalue weighted by molar-refractivity contribution is 7.78. The molecule has 0 bridgehead atoms. The van der Waals surface area contributed by atoms with Gasteiger partial charge in [0.25, 0.3) is 0 Å². The molecule has 192 valence electrons. The van der Waals surface area contributed by atoms with Crippen molar-refractivity contribution in [2.75, 3.05) is 27.4 Å². The number of esters is 1. The monoisotopic (exact) mass is 529 g/mol. The summed E-state index contributed by atoms with van der Waals surface area (Å²) in [6.07, 6.45) is 0.767. The molecule has 1 aliphatic carbocycles. The van der Waals surface area contributed by atoms with Crippen LogP contribution in [0.4, 0.5) is 0 Å². The summed E-state index contributed by atoms with van der Waals surface area (Å²) in [5, 5.41) is -0.480. The summed E-state index contributed by atoms with van der Waals surface area (Å²) < 4.78 is 15.3. The van der Waals surface area contributed by atoms with E-state index in [1.807, 2.05) is 14.0 Å². The maximum Gasteiger partial charge on any atom is 0.310 e. The van der Waals surface area contributed by atoms with Crippen LogP contribution < -0.4 is 4.72 Å². The zero-order chi connectivity index (χ0) is 26.0. The first-order chi connectivity index (χ1) is 17.3. The Balaban J connectivity index is 0.000000967. The number of rotatable bonds is 4. The Kier molecular flexibility index (Phi) is 8.40. The quantitative estimate of drug-likeness (QED) is 0.294. The number of halogens is 1. The number of carbonyl (C=O) groups is 2. The molecule has 2 heterocycles. The van der Waals surface area contributed by atoms with Gasteiger partial charge in [-0.3, -0.25) is 14.3 Å². The molecule has 7 nitrogen and oxygen atoms in total. The summed E-state index contributed by atoms with van der Waals surface area (Å²) in [6.45, 7) is 3.05. The third kappa shape index (κ3) is 5.05. The zero-order valence-corrected chi connectivity index (χ0v) is 22.6. The normalized spacial score (nSPS) is 25.1. The molecular formula is C27H32ClN3O4S. The number of carbonyl (C=O) groups excluding carboxylic acids is 2. The van der Waals surface area contributed by atoms with Crippen LogP contribution in [0.2, 0.25) is 0 Å². The number of hydrogen-bond donors (Lipinski definition) is 2. The van der Waals surface area contributed by atoms with Crippen LogP contribution in [-0.4, -0.2) is 48.1 Å². The number of ether oxygens (including phenoxy) is 2. The van der Waals surface area contributed by atoms with Crippen LogP contribution in [0, 0.1) is 30.6 Å². The van der Waals surface area contributed by atoms with Crippen molar-refractivity contribution in [2.24, 2.45) is 30.7 Å². The van der Waals surface area contributed by atoms with Crippen LogP contribution >= 0.6 is 24.4 Å². The first kappa shape index (κ1) is 26.7.